The Balaban J connectivity index is 1.65. The summed E-state index contributed by atoms with van der Waals surface area (Å²) in [4.78, 5) is 4.29. The van der Waals surface area contributed by atoms with Gasteiger partial charge in [0.2, 0.25) is 0 Å². The number of thiocarbonyl (C=S) groups is 1. The molecule has 0 aliphatic carbocycles. The van der Waals surface area contributed by atoms with Crippen LogP contribution in [0, 0.1) is 5.82 Å². The molecule has 1 aromatic heterocycles. The number of benzene rings is 1. The third-order valence-corrected chi connectivity index (χ3v) is 4.51. The Morgan fingerprint density at radius 1 is 1.20 bits per heavy atom. The molecular formula is C18H22FN3O2S. The van der Waals surface area contributed by atoms with Gasteiger partial charge in [0, 0.05) is 44.4 Å². The molecule has 7 heteroatoms. The molecule has 25 heavy (non-hydrogen) atoms. The first-order valence-corrected chi connectivity index (χ1v) is 8.76. The predicted octanol–water partition coefficient (Wildman–Crippen LogP) is 2.95. The second-order valence-corrected chi connectivity index (χ2v) is 6.26. The summed E-state index contributed by atoms with van der Waals surface area (Å²) < 4.78 is 24.7. The van der Waals surface area contributed by atoms with Crippen LogP contribution < -0.4 is 5.32 Å². The van der Waals surface area contributed by atoms with Crippen molar-refractivity contribution in [3.8, 4) is 0 Å². The SMILES string of the molecule is Fc1ccccc1CN(CCN1CCOCC1)C(=S)Nc1ccco1. The van der Waals surface area contributed by atoms with E-state index in [-0.39, 0.29) is 5.82 Å². The first-order valence-electron chi connectivity index (χ1n) is 8.35. The van der Waals surface area contributed by atoms with Crippen molar-refractivity contribution >= 4 is 23.2 Å². The fourth-order valence-electron chi connectivity index (χ4n) is 2.71. The highest BCUT2D eigenvalue weighted by atomic mass is 32.1. The lowest BCUT2D eigenvalue weighted by Crippen LogP contribution is -2.44. The van der Waals surface area contributed by atoms with Crippen molar-refractivity contribution in [2.45, 2.75) is 6.54 Å². The molecule has 1 aliphatic heterocycles. The number of ether oxygens (including phenoxy) is 1. The van der Waals surface area contributed by atoms with E-state index in [1.807, 2.05) is 11.0 Å². The summed E-state index contributed by atoms with van der Waals surface area (Å²) >= 11 is 5.52. The minimum absolute atomic E-state index is 0.223. The average molecular weight is 363 g/mol. The van der Waals surface area contributed by atoms with Crippen molar-refractivity contribution in [3.05, 3.63) is 54.0 Å². The highest BCUT2D eigenvalue weighted by Crippen LogP contribution is 2.13. The number of anilines is 1. The summed E-state index contributed by atoms with van der Waals surface area (Å²) in [5.41, 5.74) is 0.619. The van der Waals surface area contributed by atoms with Gasteiger partial charge in [0.25, 0.3) is 0 Å². The van der Waals surface area contributed by atoms with Gasteiger partial charge in [0.15, 0.2) is 11.0 Å². The molecular weight excluding hydrogens is 341 g/mol. The zero-order valence-electron chi connectivity index (χ0n) is 14.0. The van der Waals surface area contributed by atoms with Crippen molar-refractivity contribution in [2.24, 2.45) is 0 Å². The topological polar surface area (TPSA) is 40.9 Å². The van der Waals surface area contributed by atoms with Crippen molar-refractivity contribution in [2.75, 3.05) is 44.7 Å². The molecule has 2 aromatic rings. The maximum absolute atomic E-state index is 14.0. The lowest BCUT2D eigenvalue weighted by Gasteiger charge is -2.31. The summed E-state index contributed by atoms with van der Waals surface area (Å²) in [5.74, 6) is 0.356. The van der Waals surface area contributed by atoms with E-state index in [4.69, 9.17) is 21.4 Å². The van der Waals surface area contributed by atoms with Crippen LogP contribution in [0.25, 0.3) is 0 Å². The van der Waals surface area contributed by atoms with E-state index < -0.39 is 0 Å². The third kappa shape index (κ3) is 5.26. The normalized spacial score (nSPS) is 15.1. The lowest BCUT2D eigenvalue weighted by atomic mass is 10.2. The summed E-state index contributed by atoms with van der Waals surface area (Å²) in [6.45, 7) is 5.27. The van der Waals surface area contributed by atoms with Gasteiger partial charge in [0.1, 0.15) is 5.82 Å². The fourth-order valence-corrected chi connectivity index (χ4v) is 2.96. The maximum Gasteiger partial charge on any atom is 0.198 e. The van der Waals surface area contributed by atoms with E-state index in [1.165, 1.54) is 6.07 Å². The number of hydrogen-bond acceptors (Lipinski definition) is 4. The predicted molar refractivity (Wildman–Crippen MR) is 99.0 cm³/mol. The van der Waals surface area contributed by atoms with Crippen LogP contribution in [0.4, 0.5) is 10.3 Å². The van der Waals surface area contributed by atoms with Crippen LogP contribution in [0.3, 0.4) is 0 Å². The first-order chi connectivity index (χ1) is 12.2. The van der Waals surface area contributed by atoms with Crippen LogP contribution in [0.2, 0.25) is 0 Å². The molecule has 1 saturated heterocycles. The molecule has 1 aromatic carbocycles. The van der Waals surface area contributed by atoms with Gasteiger partial charge in [-0.1, -0.05) is 18.2 Å². The zero-order valence-corrected chi connectivity index (χ0v) is 14.8. The number of furan rings is 1. The number of nitrogens with zero attached hydrogens (tertiary/aromatic N) is 2. The molecule has 0 bridgehead atoms. The van der Waals surface area contributed by atoms with Gasteiger partial charge >= 0.3 is 0 Å². The number of halogens is 1. The van der Waals surface area contributed by atoms with Gasteiger partial charge in [0.05, 0.1) is 19.5 Å². The second-order valence-electron chi connectivity index (χ2n) is 5.87. The molecule has 0 spiro atoms. The minimum atomic E-state index is -0.223. The van der Waals surface area contributed by atoms with Crippen LogP contribution in [0.15, 0.2) is 47.1 Å². The van der Waals surface area contributed by atoms with Crippen LogP contribution >= 0.6 is 12.2 Å². The number of morpholine rings is 1. The van der Waals surface area contributed by atoms with Crippen molar-refractivity contribution in [1.29, 1.82) is 0 Å². The molecule has 1 N–H and O–H groups in total. The summed E-state index contributed by atoms with van der Waals surface area (Å²) in [6.07, 6.45) is 1.58. The average Bonchev–Trinajstić information content (AvgIpc) is 3.14. The van der Waals surface area contributed by atoms with Gasteiger partial charge in [-0.3, -0.25) is 4.90 Å². The van der Waals surface area contributed by atoms with Crippen molar-refractivity contribution in [3.63, 3.8) is 0 Å². The molecule has 2 heterocycles. The summed E-state index contributed by atoms with van der Waals surface area (Å²) in [7, 11) is 0. The Bertz CT molecular complexity index is 675. The molecule has 0 radical (unpaired) electrons. The minimum Gasteiger partial charge on any atom is -0.449 e. The molecule has 0 unspecified atom stereocenters. The molecule has 134 valence electrons. The Morgan fingerprint density at radius 2 is 2.00 bits per heavy atom. The zero-order chi connectivity index (χ0) is 17.5. The van der Waals surface area contributed by atoms with E-state index >= 15 is 0 Å². The summed E-state index contributed by atoms with van der Waals surface area (Å²) in [6, 6.07) is 10.4. The number of hydrogen-bond donors (Lipinski definition) is 1. The van der Waals surface area contributed by atoms with Crippen LogP contribution in [-0.4, -0.2) is 54.3 Å². The van der Waals surface area contributed by atoms with Gasteiger partial charge < -0.3 is 19.4 Å². The Hall–Kier alpha value is -1.96. The van der Waals surface area contributed by atoms with Crippen LogP contribution in [0.1, 0.15) is 5.56 Å². The molecule has 5 nitrogen and oxygen atoms in total. The van der Waals surface area contributed by atoms with E-state index in [0.29, 0.717) is 29.6 Å². The molecule has 0 saturated carbocycles. The third-order valence-electron chi connectivity index (χ3n) is 4.15. The van der Waals surface area contributed by atoms with Crippen LogP contribution in [-0.2, 0) is 11.3 Å². The van der Waals surface area contributed by atoms with E-state index in [9.17, 15) is 4.39 Å². The standard InChI is InChI=1S/C18H22FN3O2S/c19-16-5-2-1-4-15(16)14-22(8-7-21-9-12-23-13-10-21)18(25)20-17-6-3-11-24-17/h1-6,11H,7-10,12-14H2,(H,20,25). The van der Waals surface area contributed by atoms with Gasteiger partial charge in [-0.05, 0) is 24.4 Å². The molecule has 1 fully saturated rings. The van der Waals surface area contributed by atoms with Gasteiger partial charge in [-0.25, -0.2) is 4.39 Å². The van der Waals surface area contributed by atoms with Crippen molar-refractivity contribution in [1.82, 2.24) is 9.80 Å². The first kappa shape index (κ1) is 17.8. The largest absolute Gasteiger partial charge is 0.449 e. The number of nitrogens with one attached hydrogen (secondary N) is 1. The molecule has 0 atom stereocenters. The monoisotopic (exact) mass is 363 g/mol. The van der Waals surface area contributed by atoms with E-state index in [2.05, 4.69) is 10.2 Å². The van der Waals surface area contributed by atoms with Crippen molar-refractivity contribution < 1.29 is 13.5 Å². The molecule has 3 rings (SSSR count). The molecule has 1 aliphatic rings. The van der Waals surface area contributed by atoms with E-state index in [0.717, 1.165) is 32.8 Å². The van der Waals surface area contributed by atoms with Gasteiger partial charge in [-0.15, -0.1) is 0 Å². The second kappa shape index (κ2) is 8.94. The lowest BCUT2D eigenvalue weighted by molar-refractivity contribution is 0.0358. The Labute approximate surface area is 152 Å². The number of rotatable bonds is 6. The van der Waals surface area contributed by atoms with E-state index in [1.54, 1.807) is 30.5 Å². The van der Waals surface area contributed by atoms with Crippen LogP contribution in [0.5, 0.6) is 0 Å². The highest BCUT2D eigenvalue weighted by molar-refractivity contribution is 7.80. The highest BCUT2D eigenvalue weighted by Gasteiger charge is 2.17. The fraction of sp³-hybridized carbons (Fsp3) is 0.389. The quantitative estimate of drug-likeness (QED) is 0.796. The van der Waals surface area contributed by atoms with Gasteiger partial charge in [-0.2, -0.15) is 0 Å². The smallest absolute Gasteiger partial charge is 0.198 e. The molecule has 0 amide bonds. The Kier molecular flexibility index (Phi) is 6.38. The maximum atomic E-state index is 14.0. The Morgan fingerprint density at radius 3 is 2.72 bits per heavy atom. The summed E-state index contributed by atoms with van der Waals surface area (Å²) in [5, 5.41) is 3.59.